The highest BCUT2D eigenvalue weighted by molar-refractivity contribution is 7.80. The summed E-state index contributed by atoms with van der Waals surface area (Å²) in [4.78, 5) is 3.20. The van der Waals surface area contributed by atoms with Crippen molar-refractivity contribution in [2.24, 2.45) is 0 Å². The van der Waals surface area contributed by atoms with Gasteiger partial charge in [0.25, 0.3) is 0 Å². The molecule has 128 valence electrons. The smallest absolute Gasteiger partial charge is 0.166 e. The summed E-state index contributed by atoms with van der Waals surface area (Å²) in [6, 6.07) is 5.92. The summed E-state index contributed by atoms with van der Waals surface area (Å²) in [5.74, 6) is 0. The Kier molecular flexibility index (Phi) is 6.31. The van der Waals surface area contributed by atoms with Gasteiger partial charge in [0.05, 0.1) is 24.0 Å². The first-order valence-electron chi connectivity index (χ1n) is 9.19. The largest absolute Gasteiger partial charge is 0.360 e. The van der Waals surface area contributed by atoms with Gasteiger partial charge in [-0.05, 0) is 43.4 Å². The van der Waals surface area contributed by atoms with E-state index in [0.717, 1.165) is 5.11 Å². The van der Waals surface area contributed by atoms with Crippen LogP contribution in [0.2, 0.25) is 0 Å². The highest BCUT2D eigenvalue weighted by Crippen LogP contribution is 2.21. The Morgan fingerprint density at radius 1 is 1.22 bits per heavy atom. The lowest BCUT2D eigenvalue weighted by atomic mass is 9.96. The number of hydrogen-bond donors (Lipinski definition) is 3. The van der Waals surface area contributed by atoms with Crippen molar-refractivity contribution in [1.29, 1.82) is 0 Å². The molecule has 3 N–H and O–H groups in total. The summed E-state index contributed by atoms with van der Waals surface area (Å²) in [7, 11) is 0. The van der Waals surface area contributed by atoms with Crippen molar-refractivity contribution in [2.75, 3.05) is 13.1 Å². The maximum Gasteiger partial charge on any atom is 0.166 e. The van der Waals surface area contributed by atoms with Gasteiger partial charge in [-0.2, -0.15) is 0 Å². The molecule has 0 spiro atoms. The van der Waals surface area contributed by atoms with Gasteiger partial charge in [-0.1, -0.05) is 25.3 Å². The van der Waals surface area contributed by atoms with Crippen LogP contribution in [0.25, 0.3) is 0 Å². The minimum Gasteiger partial charge on any atom is -0.360 e. The van der Waals surface area contributed by atoms with Gasteiger partial charge in [0, 0.05) is 18.9 Å². The molecule has 0 radical (unpaired) electrons. The van der Waals surface area contributed by atoms with E-state index < -0.39 is 0 Å². The van der Waals surface area contributed by atoms with E-state index in [1.54, 1.807) is 4.90 Å². The molecule has 3 rings (SSSR count). The van der Waals surface area contributed by atoms with Gasteiger partial charge in [0.2, 0.25) is 0 Å². The topological polar surface area (TPSA) is 28.5 Å². The van der Waals surface area contributed by atoms with Crippen LogP contribution in [0.5, 0.6) is 0 Å². The maximum absolute atomic E-state index is 5.61. The lowest BCUT2D eigenvalue weighted by Crippen LogP contribution is -3.11. The zero-order chi connectivity index (χ0) is 16.1. The molecular formula is C18H30N3S2+. The van der Waals surface area contributed by atoms with E-state index in [0.29, 0.717) is 18.1 Å². The summed E-state index contributed by atoms with van der Waals surface area (Å²) in [6.07, 6.45) is 9.30. The predicted molar refractivity (Wildman–Crippen MR) is 102 cm³/mol. The van der Waals surface area contributed by atoms with Crippen molar-refractivity contribution < 1.29 is 4.90 Å². The zero-order valence-electron chi connectivity index (χ0n) is 14.1. The summed E-state index contributed by atoms with van der Waals surface area (Å²) in [5.41, 5.74) is 0. The van der Waals surface area contributed by atoms with Crippen LogP contribution in [-0.4, -0.2) is 30.3 Å². The van der Waals surface area contributed by atoms with E-state index in [2.05, 4.69) is 35.1 Å². The molecule has 0 amide bonds. The molecule has 1 aliphatic heterocycles. The van der Waals surface area contributed by atoms with E-state index in [1.165, 1.54) is 62.9 Å². The standard InChI is InChI=1S/C18H29N3S2/c1-14(19-18(22)20-15-8-3-2-4-9-15)17(16-10-7-13-23-16)21-11-5-6-12-21/h7,10,13-15,17H,2-6,8-9,11-12H2,1H3,(H2,19,20,22)/p+1/t14-,17+/m1/s1. The third-order valence-electron chi connectivity index (χ3n) is 5.33. The number of likely N-dealkylation sites (tertiary alicyclic amines) is 1. The van der Waals surface area contributed by atoms with Crippen molar-refractivity contribution in [3.05, 3.63) is 22.4 Å². The first kappa shape index (κ1) is 17.2. The fraction of sp³-hybridized carbons (Fsp3) is 0.722. The Morgan fingerprint density at radius 2 is 1.96 bits per heavy atom. The normalized spacial score (nSPS) is 22.7. The SMILES string of the molecule is C[C@@H](NC(=S)NC1CCCCC1)[C@@H](c1cccs1)[NH+]1CCCC1. The molecule has 3 nitrogen and oxygen atoms in total. The molecule has 1 saturated carbocycles. The highest BCUT2D eigenvalue weighted by Gasteiger charge is 2.33. The maximum atomic E-state index is 5.61. The fourth-order valence-corrected chi connectivity index (χ4v) is 5.51. The molecule has 2 heterocycles. The molecule has 23 heavy (non-hydrogen) atoms. The molecule has 1 aromatic rings. The van der Waals surface area contributed by atoms with Crippen LogP contribution in [0.3, 0.4) is 0 Å². The fourth-order valence-electron chi connectivity index (χ4n) is 4.17. The first-order chi connectivity index (χ1) is 11.2. The van der Waals surface area contributed by atoms with Gasteiger partial charge in [-0.3, -0.25) is 0 Å². The zero-order valence-corrected chi connectivity index (χ0v) is 15.8. The third-order valence-corrected chi connectivity index (χ3v) is 6.53. The molecule has 2 atom stereocenters. The summed E-state index contributed by atoms with van der Waals surface area (Å²) < 4.78 is 0. The molecule has 2 fully saturated rings. The van der Waals surface area contributed by atoms with E-state index in [4.69, 9.17) is 12.2 Å². The number of rotatable bonds is 5. The summed E-state index contributed by atoms with van der Waals surface area (Å²) in [5, 5.41) is 10.2. The lowest BCUT2D eigenvalue weighted by molar-refractivity contribution is -0.920. The molecule has 2 aliphatic rings. The highest BCUT2D eigenvalue weighted by atomic mass is 32.1. The van der Waals surface area contributed by atoms with Gasteiger partial charge < -0.3 is 15.5 Å². The number of thiophene rings is 1. The molecule has 0 unspecified atom stereocenters. The van der Waals surface area contributed by atoms with Gasteiger partial charge in [-0.15, -0.1) is 11.3 Å². The Bertz CT molecular complexity index is 476. The quantitative estimate of drug-likeness (QED) is 0.712. The van der Waals surface area contributed by atoms with Crippen molar-refractivity contribution in [3.63, 3.8) is 0 Å². The first-order valence-corrected chi connectivity index (χ1v) is 10.5. The van der Waals surface area contributed by atoms with Crippen LogP contribution in [0, 0.1) is 0 Å². The second kappa shape index (κ2) is 8.45. The average Bonchev–Trinajstić information content (AvgIpc) is 3.22. The summed E-state index contributed by atoms with van der Waals surface area (Å²) >= 11 is 7.49. The van der Waals surface area contributed by atoms with Crippen molar-refractivity contribution in [2.45, 2.75) is 70.0 Å². The van der Waals surface area contributed by atoms with Gasteiger partial charge in [0.1, 0.15) is 6.04 Å². The van der Waals surface area contributed by atoms with Gasteiger partial charge >= 0.3 is 0 Å². The minimum atomic E-state index is 0.366. The van der Waals surface area contributed by atoms with Crippen molar-refractivity contribution >= 4 is 28.7 Å². The van der Waals surface area contributed by atoms with Crippen LogP contribution in [0.1, 0.15) is 62.8 Å². The Morgan fingerprint density at radius 3 is 2.61 bits per heavy atom. The molecule has 0 aromatic carbocycles. The molecule has 5 heteroatoms. The molecule has 1 aliphatic carbocycles. The van der Waals surface area contributed by atoms with E-state index >= 15 is 0 Å². The van der Waals surface area contributed by atoms with E-state index in [1.807, 2.05) is 11.3 Å². The molecule has 1 aromatic heterocycles. The predicted octanol–water partition coefficient (Wildman–Crippen LogP) is 2.65. The van der Waals surface area contributed by atoms with Gasteiger partial charge in [0.15, 0.2) is 5.11 Å². The number of thiocarbonyl (C=S) groups is 1. The lowest BCUT2D eigenvalue weighted by Gasteiger charge is -2.31. The Labute approximate surface area is 149 Å². The van der Waals surface area contributed by atoms with Crippen LogP contribution < -0.4 is 15.5 Å². The average molecular weight is 353 g/mol. The second-order valence-corrected chi connectivity index (χ2v) is 8.49. The Hall–Kier alpha value is -0.650. The van der Waals surface area contributed by atoms with Crippen LogP contribution in [0.15, 0.2) is 17.5 Å². The van der Waals surface area contributed by atoms with E-state index in [-0.39, 0.29) is 0 Å². The Balaban J connectivity index is 1.59. The number of hydrogen-bond acceptors (Lipinski definition) is 2. The minimum absolute atomic E-state index is 0.366. The van der Waals surface area contributed by atoms with Gasteiger partial charge in [-0.25, -0.2) is 0 Å². The molecular weight excluding hydrogens is 322 g/mol. The van der Waals surface area contributed by atoms with Crippen LogP contribution in [0.4, 0.5) is 0 Å². The second-order valence-electron chi connectivity index (χ2n) is 7.10. The van der Waals surface area contributed by atoms with E-state index in [9.17, 15) is 0 Å². The van der Waals surface area contributed by atoms with Crippen LogP contribution >= 0.6 is 23.6 Å². The number of nitrogens with one attached hydrogen (secondary N) is 3. The summed E-state index contributed by atoms with van der Waals surface area (Å²) in [6.45, 7) is 4.87. The molecule has 0 bridgehead atoms. The third kappa shape index (κ3) is 4.68. The van der Waals surface area contributed by atoms with Crippen LogP contribution in [-0.2, 0) is 0 Å². The van der Waals surface area contributed by atoms with Crippen molar-refractivity contribution in [1.82, 2.24) is 10.6 Å². The monoisotopic (exact) mass is 352 g/mol. The number of quaternary nitrogens is 1. The molecule has 1 saturated heterocycles. The van der Waals surface area contributed by atoms with Crippen molar-refractivity contribution in [3.8, 4) is 0 Å².